The number of fused-ring (bicyclic) bond motifs is 2. The molecule has 1 heteroatoms. The molecule has 0 bridgehead atoms. The standard InChI is InChI=1S/C53H69N/c1-6-37(3)35-40(7-2)42-28-30-44(31-29-42)48(39(5)54-53-26-16-20-43-19-11-12-23-50(43)53)32-27-38(4)47-33-34-49(52-25-14-13-24-51(47)52)46-22-15-21-45(36-46)41-17-9-8-10-18-41/h8-9,11,14-16,19-22,25-28,30,35-36,39-42,44,48,50,53-54H,6-7,10,12-13,17-18,23-24,29,31-34H2,1-5H3/b37-35-,38-27+. The summed E-state index contributed by atoms with van der Waals surface area (Å²) in [5.74, 6) is 3.77. The highest BCUT2D eigenvalue weighted by Crippen LogP contribution is 2.45. The van der Waals surface area contributed by atoms with Crippen molar-refractivity contribution < 1.29 is 0 Å². The molecule has 1 nitrogen and oxygen atoms in total. The second-order valence-electron chi connectivity index (χ2n) is 17.5. The lowest BCUT2D eigenvalue weighted by Crippen LogP contribution is -2.46. The van der Waals surface area contributed by atoms with Crippen LogP contribution in [-0.2, 0) is 0 Å². The number of allylic oxidation sites excluding steroid dienone is 18. The summed E-state index contributed by atoms with van der Waals surface area (Å²) in [6.45, 7) is 11.9. The molecular weight excluding hydrogens is 651 g/mol. The second kappa shape index (κ2) is 18.5. The normalized spacial score (nSPS) is 28.8. The maximum absolute atomic E-state index is 4.23. The number of nitrogens with one attached hydrogen (secondary N) is 1. The molecule has 0 heterocycles. The average molecular weight is 720 g/mol. The third-order valence-corrected chi connectivity index (χ3v) is 14.2. The van der Waals surface area contributed by atoms with Crippen LogP contribution in [0.2, 0.25) is 0 Å². The second-order valence-corrected chi connectivity index (χ2v) is 17.5. The van der Waals surface area contributed by atoms with Gasteiger partial charge in [0.2, 0.25) is 0 Å². The van der Waals surface area contributed by atoms with Crippen LogP contribution in [0.3, 0.4) is 0 Å². The fourth-order valence-corrected chi connectivity index (χ4v) is 10.8. The van der Waals surface area contributed by atoms with Crippen molar-refractivity contribution in [1.29, 1.82) is 0 Å². The fraction of sp³-hybridized carbons (Fsp3) is 0.509. The Morgan fingerprint density at radius 2 is 1.69 bits per heavy atom. The molecule has 0 fully saturated rings. The van der Waals surface area contributed by atoms with Crippen molar-refractivity contribution in [2.24, 2.45) is 29.6 Å². The van der Waals surface area contributed by atoms with E-state index in [2.05, 4.69) is 143 Å². The maximum atomic E-state index is 4.23. The topological polar surface area (TPSA) is 12.0 Å². The molecule has 1 N–H and O–H groups in total. The highest BCUT2D eigenvalue weighted by atomic mass is 15.0. The first-order chi connectivity index (χ1) is 26.4. The largest absolute Gasteiger partial charge is 0.307 e. The SMILES string of the molecule is CC/C(C)=C\C(CC)C1C=CC(C(C/C=C(\C)C2=C3CCC=CC3=C(c3cccc(C4CC=CCC4)c3)CC2)C(C)NC2C=CC=C3C=CCCC32)CC1. The van der Waals surface area contributed by atoms with Crippen molar-refractivity contribution >= 4 is 5.57 Å². The molecule has 0 radical (unpaired) electrons. The van der Waals surface area contributed by atoms with Crippen molar-refractivity contribution in [2.75, 3.05) is 0 Å². The molecule has 8 atom stereocenters. The van der Waals surface area contributed by atoms with Crippen molar-refractivity contribution in [3.05, 3.63) is 148 Å². The molecule has 8 unspecified atom stereocenters. The summed E-state index contributed by atoms with van der Waals surface area (Å²) in [6.07, 6.45) is 48.9. The molecule has 286 valence electrons. The van der Waals surface area contributed by atoms with E-state index in [-0.39, 0.29) is 0 Å². The molecule has 0 spiro atoms. The van der Waals surface area contributed by atoms with Crippen molar-refractivity contribution in [3.63, 3.8) is 0 Å². The smallest absolute Gasteiger partial charge is 0.0324 e. The van der Waals surface area contributed by atoms with Gasteiger partial charge in [0.25, 0.3) is 0 Å². The molecule has 0 aliphatic heterocycles. The van der Waals surface area contributed by atoms with Crippen LogP contribution in [0.15, 0.2) is 137 Å². The van der Waals surface area contributed by atoms with Gasteiger partial charge in [0.15, 0.2) is 0 Å². The Kier molecular flexibility index (Phi) is 13.3. The molecule has 6 aliphatic carbocycles. The molecule has 0 saturated carbocycles. The number of hydrogen-bond acceptors (Lipinski definition) is 1. The Bertz CT molecular complexity index is 1790. The highest BCUT2D eigenvalue weighted by Gasteiger charge is 2.33. The molecule has 1 aromatic rings. The average Bonchev–Trinajstić information content (AvgIpc) is 3.23. The van der Waals surface area contributed by atoms with Crippen LogP contribution < -0.4 is 5.32 Å². The first-order valence-corrected chi connectivity index (χ1v) is 22.1. The van der Waals surface area contributed by atoms with E-state index in [0.29, 0.717) is 47.6 Å². The van der Waals surface area contributed by atoms with Crippen molar-refractivity contribution in [1.82, 2.24) is 5.32 Å². The van der Waals surface area contributed by atoms with Crippen LogP contribution >= 0.6 is 0 Å². The third kappa shape index (κ3) is 8.99. The van der Waals surface area contributed by atoms with Gasteiger partial charge >= 0.3 is 0 Å². The monoisotopic (exact) mass is 720 g/mol. The van der Waals surface area contributed by atoms with Crippen molar-refractivity contribution in [2.45, 2.75) is 143 Å². The third-order valence-electron chi connectivity index (χ3n) is 14.2. The van der Waals surface area contributed by atoms with Gasteiger partial charge < -0.3 is 5.32 Å². The van der Waals surface area contributed by atoms with E-state index >= 15 is 0 Å². The fourth-order valence-electron chi connectivity index (χ4n) is 10.8. The summed E-state index contributed by atoms with van der Waals surface area (Å²) < 4.78 is 0. The minimum Gasteiger partial charge on any atom is -0.307 e. The van der Waals surface area contributed by atoms with Gasteiger partial charge in [0, 0.05) is 18.0 Å². The predicted octanol–water partition coefficient (Wildman–Crippen LogP) is 14.4. The van der Waals surface area contributed by atoms with Crippen LogP contribution in [0.5, 0.6) is 0 Å². The van der Waals surface area contributed by atoms with E-state index in [9.17, 15) is 0 Å². The van der Waals surface area contributed by atoms with E-state index in [1.807, 2.05) is 0 Å². The quantitative estimate of drug-likeness (QED) is 0.200. The number of rotatable bonds is 13. The summed E-state index contributed by atoms with van der Waals surface area (Å²) in [7, 11) is 0. The van der Waals surface area contributed by atoms with Gasteiger partial charge in [-0.25, -0.2) is 0 Å². The Morgan fingerprint density at radius 1 is 0.852 bits per heavy atom. The predicted molar refractivity (Wildman–Crippen MR) is 234 cm³/mol. The molecule has 7 rings (SSSR count). The Labute approximate surface area is 329 Å². The maximum Gasteiger partial charge on any atom is 0.0324 e. The molecule has 6 aliphatic rings. The van der Waals surface area contributed by atoms with E-state index in [0.717, 1.165) is 32.1 Å². The zero-order valence-electron chi connectivity index (χ0n) is 34.3. The molecule has 0 amide bonds. The van der Waals surface area contributed by atoms with Crippen LogP contribution in [0, 0.1) is 29.6 Å². The van der Waals surface area contributed by atoms with Gasteiger partial charge in [0.1, 0.15) is 0 Å². The van der Waals surface area contributed by atoms with Crippen molar-refractivity contribution in [3.8, 4) is 0 Å². The first-order valence-electron chi connectivity index (χ1n) is 22.1. The van der Waals surface area contributed by atoms with Crippen LogP contribution in [-0.4, -0.2) is 12.1 Å². The zero-order chi connectivity index (χ0) is 37.4. The van der Waals surface area contributed by atoms with Crippen LogP contribution in [0.4, 0.5) is 0 Å². The van der Waals surface area contributed by atoms with Gasteiger partial charge in [-0.1, -0.05) is 128 Å². The van der Waals surface area contributed by atoms with Crippen LogP contribution in [0.1, 0.15) is 142 Å². The lowest BCUT2D eigenvalue weighted by atomic mass is 9.72. The first kappa shape index (κ1) is 38.8. The number of benzene rings is 1. The Hall–Kier alpha value is -3.42. The van der Waals surface area contributed by atoms with Gasteiger partial charge in [-0.05, 0) is 179 Å². The van der Waals surface area contributed by atoms with E-state index in [4.69, 9.17) is 0 Å². The minimum atomic E-state index is 0.418. The van der Waals surface area contributed by atoms with Gasteiger partial charge in [-0.15, -0.1) is 0 Å². The van der Waals surface area contributed by atoms with Gasteiger partial charge in [-0.2, -0.15) is 0 Å². The zero-order valence-corrected chi connectivity index (χ0v) is 34.3. The van der Waals surface area contributed by atoms with Crippen LogP contribution in [0.25, 0.3) is 5.57 Å². The molecule has 0 aromatic heterocycles. The minimum absolute atomic E-state index is 0.418. The molecule has 54 heavy (non-hydrogen) atoms. The number of hydrogen-bond donors (Lipinski definition) is 1. The summed E-state index contributed by atoms with van der Waals surface area (Å²) in [5, 5.41) is 4.23. The molecule has 0 saturated heterocycles. The molecular formula is C53H69N. The molecule has 1 aromatic carbocycles. The lowest BCUT2D eigenvalue weighted by Gasteiger charge is -2.39. The van der Waals surface area contributed by atoms with E-state index < -0.39 is 0 Å². The summed E-state index contributed by atoms with van der Waals surface area (Å²) in [4.78, 5) is 0. The van der Waals surface area contributed by atoms with Gasteiger partial charge in [-0.3, -0.25) is 0 Å². The summed E-state index contributed by atoms with van der Waals surface area (Å²) in [6, 6.07) is 10.5. The van der Waals surface area contributed by atoms with E-state index in [1.54, 1.807) is 22.3 Å². The lowest BCUT2D eigenvalue weighted by molar-refractivity contribution is 0.238. The summed E-state index contributed by atoms with van der Waals surface area (Å²) >= 11 is 0. The Morgan fingerprint density at radius 3 is 2.48 bits per heavy atom. The van der Waals surface area contributed by atoms with Gasteiger partial charge in [0.05, 0.1) is 0 Å². The Balaban J connectivity index is 1.14. The highest BCUT2D eigenvalue weighted by molar-refractivity contribution is 5.79. The van der Waals surface area contributed by atoms with E-state index in [1.165, 1.54) is 85.6 Å². The summed E-state index contributed by atoms with van der Waals surface area (Å²) in [5.41, 5.74) is 13.9.